The molecule has 1 aliphatic rings. The van der Waals surface area contributed by atoms with E-state index < -0.39 is 9.84 Å². The topological polar surface area (TPSA) is 119 Å². The number of carbonyl (C=O) groups excluding carboxylic acids is 1. The molecule has 0 aromatic carbocycles. The van der Waals surface area contributed by atoms with E-state index in [2.05, 4.69) is 15.5 Å². The first-order valence-electron chi connectivity index (χ1n) is 9.23. The average molecular weight is 469 g/mol. The van der Waals surface area contributed by atoms with E-state index in [1.54, 1.807) is 23.3 Å². The van der Waals surface area contributed by atoms with Crippen LogP contribution >= 0.6 is 23.1 Å². The Bertz CT molecular complexity index is 1060. The molecule has 3 aromatic heterocycles. The van der Waals surface area contributed by atoms with E-state index >= 15 is 0 Å². The normalized spacial score (nSPS) is 17.8. The molecule has 3 aromatic rings. The Hall–Kier alpha value is -2.31. The molecular weight excluding hydrogens is 448 g/mol. The minimum atomic E-state index is -3.11. The van der Waals surface area contributed by atoms with Crippen LogP contribution < -0.4 is 5.32 Å². The van der Waals surface area contributed by atoms with E-state index in [0.717, 1.165) is 5.76 Å². The van der Waals surface area contributed by atoms with Gasteiger partial charge in [-0.15, -0.1) is 10.2 Å². The van der Waals surface area contributed by atoms with Gasteiger partial charge in [-0.05, 0) is 30.7 Å². The minimum Gasteiger partial charge on any atom is -0.467 e. The summed E-state index contributed by atoms with van der Waals surface area (Å²) in [6, 6.07) is 6.86. The second-order valence-electron chi connectivity index (χ2n) is 6.75. The first-order chi connectivity index (χ1) is 14.5. The highest BCUT2D eigenvalue weighted by molar-refractivity contribution is 8.01. The van der Waals surface area contributed by atoms with Crippen molar-refractivity contribution in [1.29, 1.82) is 0 Å². The highest BCUT2D eigenvalue weighted by atomic mass is 32.2. The molecule has 0 unspecified atom stereocenters. The van der Waals surface area contributed by atoms with E-state index in [-0.39, 0.29) is 35.8 Å². The number of hydrogen-bond donors (Lipinski definition) is 1. The molecular formula is C18H20N4O5S3. The Labute approximate surface area is 181 Å². The highest BCUT2D eigenvalue weighted by Crippen LogP contribution is 2.27. The largest absolute Gasteiger partial charge is 0.467 e. The van der Waals surface area contributed by atoms with Gasteiger partial charge in [-0.2, -0.15) is 0 Å². The molecule has 4 rings (SSSR count). The second-order valence-corrected chi connectivity index (χ2v) is 11.2. The second kappa shape index (κ2) is 9.23. The molecule has 1 N–H and O–H groups in total. The maximum atomic E-state index is 12.9. The van der Waals surface area contributed by atoms with E-state index in [1.807, 2.05) is 12.1 Å². The van der Waals surface area contributed by atoms with Crippen LogP contribution in [0.5, 0.6) is 0 Å². The lowest BCUT2D eigenvalue weighted by Gasteiger charge is -2.27. The van der Waals surface area contributed by atoms with Gasteiger partial charge >= 0.3 is 0 Å². The monoisotopic (exact) mass is 468 g/mol. The van der Waals surface area contributed by atoms with Gasteiger partial charge in [0, 0.05) is 6.04 Å². The molecule has 1 atom stereocenters. The Morgan fingerprint density at radius 1 is 1.23 bits per heavy atom. The van der Waals surface area contributed by atoms with Gasteiger partial charge in [0.25, 0.3) is 0 Å². The summed E-state index contributed by atoms with van der Waals surface area (Å²) in [4.78, 5) is 14.5. The summed E-state index contributed by atoms with van der Waals surface area (Å²) in [5.74, 6) is 1.49. The number of amides is 1. The van der Waals surface area contributed by atoms with Gasteiger partial charge in [0.2, 0.25) is 11.0 Å². The molecule has 30 heavy (non-hydrogen) atoms. The summed E-state index contributed by atoms with van der Waals surface area (Å²) in [6.07, 6.45) is 3.59. The number of thioether (sulfide) groups is 1. The van der Waals surface area contributed by atoms with Crippen molar-refractivity contribution in [2.75, 3.05) is 22.6 Å². The number of aromatic nitrogens is 2. The van der Waals surface area contributed by atoms with Crippen LogP contribution in [0.15, 0.2) is 50.0 Å². The van der Waals surface area contributed by atoms with Gasteiger partial charge in [0.05, 0.1) is 42.9 Å². The highest BCUT2D eigenvalue weighted by Gasteiger charge is 2.35. The third kappa shape index (κ3) is 5.43. The van der Waals surface area contributed by atoms with E-state index in [0.29, 0.717) is 28.2 Å². The average Bonchev–Trinajstić information content (AvgIpc) is 3.51. The van der Waals surface area contributed by atoms with Crippen molar-refractivity contribution in [3.8, 4) is 0 Å². The molecule has 0 aliphatic carbocycles. The minimum absolute atomic E-state index is 0.0101. The standard InChI is InChI=1S/C18H20N4O5S3/c23-16(11-28-18-21-20-17(29-18)19-9-14-3-1-6-26-14)22(10-15-4-2-7-27-15)13-5-8-30(24,25)12-13/h1-4,6-7,13H,5,8-12H2,(H,19,20)/t13-/m0/s1. The quantitative estimate of drug-likeness (QED) is 0.473. The van der Waals surface area contributed by atoms with Crippen molar-refractivity contribution in [2.24, 2.45) is 0 Å². The fourth-order valence-corrected chi connectivity index (χ4v) is 6.50. The van der Waals surface area contributed by atoms with Crippen LogP contribution in [0.3, 0.4) is 0 Å². The SMILES string of the molecule is O=C(CSc1nnc(NCc2ccco2)s1)N(Cc1ccco1)[C@H]1CCS(=O)(=O)C1. The first-order valence-corrected chi connectivity index (χ1v) is 12.9. The molecule has 160 valence electrons. The van der Waals surface area contributed by atoms with Gasteiger partial charge in [-0.3, -0.25) is 4.79 Å². The molecule has 4 heterocycles. The summed E-state index contributed by atoms with van der Waals surface area (Å²) >= 11 is 2.63. The van der Waals surface area contributed by atoms with Crippen LogP contribution in [-0.2, 0) is 27.7 Å². The van der Waals surface area contributed by atoms with Gasteiger partial charge in [-0.25, -0.2) is 8.42 Å². The molecule has 0 saturated carbocycles. The van der Waals surface area contributed by atoms with Crippen LogP contribution in [0.2, 0.25) is 0 Å². The lowest BCUT2D eigenvalue weighted by Crippen LogP contribution is -2.41. The van der Waals surface area contributed by atoms with Gasteiger partial charge in [-0.1, -0.05) is 23.1 Å². The summed E-state index contributed by atoms with van der Waals surface area (Å²) in [5, 5.41) is 11.9. The summed E-state index contributed by atoms with van der Waals surface area (Å²) in [7, 11) is -3.11. The summed E-state index contributed by atoms with van der Waals surface area (Å²) < 4.78 is 35.1. The number of hydrogen-bond acceptors (Lipinski definition) is 10. The molecule has 1 aliphatic heterocycles. The number of nitrogens with one attached hydrogen (secondary N) is 1. The molecule has 0 radical (unpaired) electrons. The fraction of sp³-hybridized carbons (Fsp3) is 0.389. The molecule has 1 fully saturated rings. The number of rotatable bonds is 9. The number of sulfone groups is 1. The van der Waals surface area contributed by atoms with Crippen LogP contribution in [0.25, 0.3) is 0 Å². The van der Waals surface area contributed by atoms with Gasteiger partial charge < -0.3 is 19.1 Å². The zero-order chi connectivity index (χ0) is 21.0. The number of carbonyl (C=O) groups is 1. The van der Waals surface area contributed by atoms with Gasteiger partial charge in [0.1, 0.15) is 11.5 Å². The fourth-order valence-electron chi connectivity index (χ4n) is 3.13. The van der Waals surface area contributed by atoms with Crippen LogP contribution in [0.1, 0.15) is 17.9 Å². The smallest absolute Gasteiger partial charge is 0.233 e. The van der Waals surface area contributed by atoms with Crippen molar-refractivity contribution in [2.45, 2.75) is 29.9 Å². The number of anilines is 1. The van der Waals surface area contributed by atoms with Crippen LogP contribution in [0.4, 0.5) is 5.13 Å². The molecule has 1 amide bonds. The van der Waals surface area contributed by atoms with E-state index in [9.17, 15) is 13.2 Å². The Balaban J connectivity index is 1.35. The first kappa shape index (κ1) is 20.9. The van der Waals surface area contributed by atoms with Crippen molar-refractivity contribution >= 4 is 44.0 Å². The van der Waals surface area contributed by atoms with Crippen molar-refractivity contribution in [1.82, 2.24) is 15.1 Å². The summed E-state index contributed by atoms with van der Waals surface area (Å²) in [5.41, 5.74) is 0. The predicted octanol–water partition coefficient (Wildman–Crippen LogP) is 2.64. The zero-order valence-corrected chi connectivity index (χ0v) is 18.3. The van der Waals surface area contributed by atoms with Crippen LogP contribution in [0, 0.1) is 0 Å². The molecule has 0 spiro atoms. The van der Waals surface area contributed by atoms with Crippen LogP contribution in [-0.4, -0.2) is 52.7 Å². The lowest BCUT2D eigenvalue weighted by molar-refractivity contribution is -0.131. The third-order valence-electron chi connectivity index (χ3n) is 4.60. The van der Waals surface area contributed by atoms with Crippen molar-refractivity contribution in [3.63, 3.8) is 0 Å². The molecule has 1 saturated heterocycles. The third-order valence-corrected chi connectivity index (χ3v) is 8.34. The number of nitrogens with zero attached hydrogens (tertiary/aromatic N) is 3. The van der Waals surface area contributed by atoms with Crippen molar-refractivity contribution < 1.29 is 22.0 Å². The van der Waals surface area contributed by atoms with E-state index in [4.69, 9.17) is 8.83 Å². The van der Waals surface area contributed by atoms with Crippen molar-refractivity contribution in [3.05, 3.63) is 48.3 Å². The molecule has 0 bridgehead atoms. The maximum absolute atomic E-state index is 12.9. The maximum Gasteiger partial charge on any atom is 0.233 e. The van der Waals surface area contributed by atoms with E-state index in [1.165, 1.54) is 29.4 Å². The van der Waals surface area contributed by atoms with Gasteiger partial charge in [0.15, 0.2) is 14.2 Å². The Kier molecular flexibility index (Phi) is 6.44. The molecule has 9 nitrogen and oxygen atoms in total. The lowest BCUT2D eigenvalue weighted by atomic mass is 10.2. The zero-order valence-electron chi connectivity index (χ0n) is 15.9. The Morgan fingerprint density at radius 3 is 2.67 bits per heavy atom. The predicted molar refractivity (Wildman–Crippen MR) is 113 cm³/mol. The molecule has 12 heteroatoms. The Morgan fingerprint density at radius 2 is 2.00 bits per heavy atom. The summed E-state index contributed by atoms with van der Waals surface area (Å²) in [6.45, 7) is 0.747. The number of furan rings is 2.